The van der Waals surface area contributed by atoms with Crippen LogP contribution in [0.4, 0.5) is 0 Å². The van der Waals surface area contributed by atoms with E-state index in [1.165, 1.54) is 0 Å². The van der Waals surface area contributed by atoms with Crippen molar-refractivity contribution in [2.45, 2.75) is 43.8 Å². The monoisotopic (exact) mass is 535 g/mol. The number of hydrogen-bond acceptors (Lipinski definition) is 6. The molecule has 0 N–H and O–H groups in total. The highest BCUT2D eigenvalue weighted by Gasteiger charge is 2.38. The minimum Gasteiger partial charge on any atom is -0.486 e. The van der Waals surface area contributed by atoms with Crippen LogP contribution < -0.4 is 4.74 Å². The molecular weight excluding hydrogens is 502 g/mol. The van der Waals surface area contributed by atoms with Gasteiger partial charge in [-0.3, -0.25) is 9.78 Å². The predicted molar refractivity (Wildman–Crippen MR) is 144 cm³/mol. The predicted octanol–water partition coefficient (Wildman–Crippen LogP) is 3.98. The minimum atomic E-state index is -3.56. The molecule has 2 saturated heterocycles. The van der Waals surface area contributed by atoms with Crippen molar-refractivity contribution in [1.29, 1.82) is 0 Å². The number of methoxy groups -OCH3 is 1. The van der Waals surface area contributed by atoms with E-state index in [-0.39, 0.29) is 29.9 Å². The zero-order valence-corrected chi connectivity index (χ0v) is 22.5. The molecule has 3 heterocycles. The molecule has 0 saturated carbocycles. The molecule has 3 atom stereocenters. The Bertz CT molecular complexity index is 1380. The molecule has 8 nitrogen and oxygen atoms in total. The van der Waals surface area contributed by atoms with Crippen molar-refractivity contribution >= 4 is 15.9 Å². The van der Waals surface area contributed by atoms with E-state index in [1.807, 2.05) is 49.4 Å². The molecule has 2 aliphatic rings. The largest absolute Gasteiger partial charge is 0.486 e. The third-order valence-electron chi connectivity index (χ3n) is 7.20. The lowest BCUT2D eigenvalue weighted by molar-refractivity contribution is 0.0339. The molecule has 9 heteroatoms. The highest BCUT2D eigenvalue weighted by Crippen LogP contribution is 2.34. The Kier molecular flexibility index (Phi) is 7.78. The van der Waals surface area contributed by atoms with E-state index in [0.29, 0.717) is 36.5 Å². The quantitative estimate of drug-likeness (QED) is 0.434. The number of benzene rings is 2. The first kappa shape index (κ1) is 26.3. The first-order valence-electron chi connectivity index (χ1n) is 12.9. The molecule has 2 aromatic carbocycles. The van der Waals surface area contributed by atoms with E-state index in [0.717, 1.165) is 24.1 Å². The van der Waals surface area contributed by atoms with E-state index in [2.05, 4.69) is 4.98 Å². The molecular formula is C29H33N3O5S. The van der Waals surface area contributed by atoms with Crippen LogP contribution in [0.5, 0.6) is 5.75 Å². The number of pyridine rings is 1. The Morgan fingerprint density at radius 3 is 2.61 bits per heavy atom. The van der Waals surface area contributed by atoms with Gasteiger partial charge in [0.05, 0.1) is 30.6 Å². The van der Waals surface area contributed by atoms with Crippen LogP contribution in [-0.4, -0.2) is 67.5 Å². The summed E-state index contributed by atoms with van der Waals surface area (Å²) in [6.07, 6.45) is 2.61. The molecule has 0 radical (unpaired) electrons. The average Bonchev–Trinajstić information content (AvgIpc) is 3.57. The lowest BCUT2D eigenvalue weighted by atomic mass is 10.1. The van der Waals surface area contributed by atoms with Crippen molar-refractivity contribution < 1.29 is 22.7 Å². The summed E-state index contributed by atoms with van der Waals surface area (Å²) in [6, 6.07) is 20.1. The van der Waals surface area contributed by atoms with Gasteiger partial charge in [-0.2, -0.15) is 4.31 Å². The summed E-state index contributed by atoms with van der Waals surface area (Å²) in [5.41, 5.74) is 3.09. The summed E-state index contributed by atoms with van der Waals surface area (Å²) in [5.74, 6) is 0.372. The number of aromatic nitrogens is 1. The number of hydrogen-bond donors (Lipinski definition) is 0. The van der Waals surface area contributed by atoms with Crippen molar-refractivity contribution in [3.8, 4) is 5.75 Å². The van der Waals surface area contributed by atoms with Crippen molar-refractivity contribution in [3.63, 3.8) is 0 Å². The highest BCUT2D eigenvalue weighted by molar-refractivity contribution is 7.88. The summed E-state index contributed by atoms with van der Waals surface area (Å²) < 4.78 is 40.3. The van der Waals surface area contributed by atoms with Gasteiger partial charge in [0, 0.05) is 25.4 Å². The lowest BCUT2D eigenvalue weighted by Crippen LogP contribution is -2.32. The van der Waals surface area contributed by atoms with Gasteiger partial charge >= 0.3 is 0 Å². The van der Waals surface area contributed by atoms with Crippen LogP contribution >= 0.6 is 0 Å². The molecule has 3 aromatic rings. The summed E-state index contributed by atoms with van der Waals surface area (Å²) in [5, 5.41) is 0. The number of carbonyl (C=O) groups is 1. The SMILES string of the molecule is COC1CN(C(=O)c2cccc(C)c2)CC1Oc1cccc(CS(=O)(=O)N2CCCC2c2ccccn2)c1. The van der Waals surface area contributed by atoms with Crippen LogP contribution in [0.2, 0.25) is 0 Å². The molecule has 3 unspecified atom stereocenters. The maximum absolute atomic E-state index is 13.4. The Balaban J connectivity index is 1.27. The molecule has 2 aliphatic heterocycles. The number of rotatable bonds is 8. The van der Waals surface area contributed by atoms with E-state index in [4.69, 9.17) is 9.47 Å². The second-order valence-corrected chi connectivity index (χ2v) is 11.9. The topological polar surface area (TPSA) is 89.0 Å². The highest BCUT2D eigenvalue weighted by atomic mass is 32.2. The van der Waals surface area contributed by atoms with Crippen LogP contribution in [0.3, 0.4) is 0 Å². The van der Waals surface area contributed by atoms with E-state index in [1.54, 1.807) is 46.8 Å². The van der Waals surface area contributed by atoms with Crippen LogP contribution in [0, 0.1) is 6.92 Å². The summed E-state index contributed by atoms with van der Waals surface area (Å²) in [4.78, 5) is 19.2. The molecule has 1 aromatic heterocycles. The summed E-state index contributed by atoms with van der Waals surface area (Å²) in [7, 11) is -1.95. The number of sulfonamides is 1. The van der Waals surface area contributed by atoms with Gasteiger partial charge in [-0.15, -0.1) is 0 Å². The maximum Gasteiger partial charge on any atom is 0.254 e. The lowest BCUT2D eigenvalue weighted by Gasteiger charge is -2.24. The van der Waals surface area contributed by atoms with Gasteiger partial charge in [-0.05, 0) is 61.7 Å². The Labute approximate surface area is 224 Å². The molecule has 2 fully saturated rings. The van der Waals surface area contributed by atoms with Gasteiger partial charge in [-0.1, -0.05) is 35.9 Å². The van der Waals surface area contributed by atoms with E-state index < -0.39 is 10.0 Å². The number of amides is 1. The fraction of sp³-hybridized carbons (Fsp3) is 0.379. The fourth-order valence-electron chi connectivity index (χ4n) is 5.33. The van der Waals surface area contributed by atoms with Gasteiger partial charge in [0.1, 0.15) is 18.0 Å². The second kappa shape index (κ2) is 11.2. The fourth-order valence-corrected chi connectivity index (χ4v) is 7.10. The molecule has 0 spiro atoms. The van der Waals surface area contributed by atoms with Gasteiger partial charge in [-0.25, -0.2) is 8.42 Å². The minimum absolute atomic E-state index is 0.0604. The molecule has 1 amide bonds. The van der Waals surface area contributed by atoms with Crippen molar-refractivity contribution in [1.82, 2.24) is 14.2 Å². The van der Waals surface area contributed by atoms with Crippen molar-refractivity contribution in [2.24, 2.45) is 0 Å². The van der Waals surface area contributed by atoms with Crippen molar-refractivity contribution in [2.75, 3.05) is 26.7 Å². The Morgan fingerprint density at radius 2 is 1.84 bits per heavy atom. The van der Waals surface area contributed by atoms with E-state index >= 15 is 0 Å². The Hall–Kier alpha value is -3.27. The van der Waals surface area contributed by atoms with Gasteiger partial charge in [0.25, 0.3) is 5.91 Å². The number of aryl methyl sites for hydroxylation is 1. The normalized spacial score (nSPS) is 22.1. The molecule has 5 rings (SSSR count). The third kappa shape index (κ3) is 5.75. The zero-order chi connectivity index (χ0) is 26.7. The smallest absolute Gasteiger partial charge is 0.254 e. The zero-order valence-electron chi connectivity index (χ0n) is 21.7. The van der Waals surface area contributed by atoms with Crippen LogP contribution in [0.1, 0.15) is 46.1 Å². The third-order valence-corrected chi connectivity index (χ3v) is 9.05. The molecule has 0 bridgehead atoms. The average molecular weight is 536 g/mol. The molecule has 200 valence electrons. The number of ether oxygens (including phenoxy) is 2. The van der Waals surface area contributed by atoms with Crippen LogP contribution in [0.25, 0.3) is 0 Å². The second-order valence-electron chi connectivity index (χ2n) is 9.94. The van der Waals surface area contributed by atoms with Crippen molar-refractivity contribution in [3.05, 3.63) is 95.3 Å². The maximum atomic E-state index is 13.4. The molecule has 0 aliphatic carbocycles. The van der Waals surface area contributed by atoms with Crippen LogP contribution in [-0.2, 0) is 20.5 Å². The number of carbonyl (C=O) groups excluding carboxylic acids is 1. The van der Waals surface area contributed by atoms with E-state index in [9.17, 15) is 13.2 Å². The van der Waals surface area contributed by atoms with Gasteiger partial charge in [0.2, 0.25) is 10.0 Å². The summed E-state index contributed by atoms with van der Waals surface area (Å²) in [6.45, 7) is 3.25. The first-order chi connectivity index (χ1) is 18.3. The van der Waals surface area contributed by atoms with Gasteiger partial charge < -0.3 is 14.4 Å². The van der Waals surface area contributed by atoms with Crippen LogP contribution in [0.15, 0.2) is 72.9 Å². The standard InChI is InChI=1S/C29H33N3O5S/c1-21-8-5-10-23(16-21)29(33)31-18-27(36-2)28(19-31)37-24-11-6-9-22(17-24)20-38(34,35)32-15-7-13-26(32)25-12-3-4-14-30-25/h3-6,8-12,14,16-17,26-28H,7,13,15,18-20H2,1-2H3. The number of nitrogens with zero attached hydrogens (tertiary/aromatic N) is 3. The summed E-state index contributed by atoms with van der Waals surface area (Å²) >= 11 is 0. The van der Waals surface area contributed by atoms with Gasteiger partial charge in [0.15, 0.2) is 0 Å². The number of likely N-dealkylation sites (tertiary alicyclic amines) is 1. The Morgan fingerprint density at radius 1 is 1.03 bits per heavy atom. The molecule has 38 heavy (non-hydrogen) atoms. The first-order valence-corrected chi connectivity index (χ1v) is 14.5.